The van der Waals surface area contributed by atoms with Gasteiger partial charge >= 0.3 is 6.01 Å². The van der Waals surface area contributed by atoms with Crippen molar-refractivity contribution in [3.63, 3.8) is 0 Å². The normalized spacial score (nSPS) is 11.7. The Balaban J connectivity index is 1.70. The number of aryl methyl sites for hydroxylation is 1. The van der Waals surface area contributed by atoms with E-state index in [0.717, 1.165) is 16.7 Å². The average molecular weight is 311 g/mol. The van der Waals surface area contributed by atoms with E-state index in [-0.39, 0.29) is 5.41 Å². The van der Waals surface area contributed by atoms with Gasteiger partial charge < -0.3 is 9.73 Å². The summed E-state index contributed by atoms with van der Waals surface area (Å²) in [5.74, 6) is 0.629. The Bertz CT molecular complexity index is 797. The number of nitrogens with one attached hydrogen (secondary N) is 1. The van der Waals surface area contributed by atoms with Gasteiger partial charge in [0.15, 0.2) is 0 Å². The van der Waals surface area contributed by atoms with Crippen LogP contribution < -0.4 is 5.32 Å². The van der Waals surface area contributed by atoms with E-state index in [4.69, 9.17) is 4.42 Å². The van der Waals surface area contributed by atoms with Gasteiger partial charge in [-0.1, -0.05) is 44.1 Å². The first-order valence-corrected chi connectivity index (χ1v) is 7.57. The topological polar surface area (TPSA) is 68.8 Å². The van der Waals surface area contributed by atoms with Gasteiger partial charge in [0.2, 0.25) is 5.89 Å². The first-order chi connectivity index (χ1) is 10.9. The SMILES string of the molecule is Cn1cc(-c2cccc(CNc3nnc(C(C)(C)C)o3)c2)cn1. The second-order valence-corrected chi connectivity index (χ2v) is 6.62. The molecule has 23 heavy (non-hydrogen) atoms. The molecular weight excluding hydrogens is 290 g/mol. The van der Waals surface area contributed by atoms with Crippen LogP contribution in [0.15, 0.2) is 41.1 Å². The Morgan fingerprint density at radius 2 is 2.00 bits per heavy atom. The van der Waals surface area contributed by atoms with Crippen LogP contribution in [0.25, 0.3) is 11.1 Å². The third-order valence-corrected chi connectivity index (χ3v) is 3.48. The molecule has 2 heterocycles. The molecule has 0 saturated heterocycles. The molecule has 0 radical (unpaired) electrons. The third kappa shape index (κ3) is 3.59. The summed E-state index contributed by atoms with van der Waals surface area (Å²) in [4.78, 5) is 0. The van der Waals surface area contributed by atoms with Gasteiger partial charge in [-0.3, -0.25) is 4.68 Å². The van der Waals surface area contributed by atoms with Crippen molar-refractivity contribution >= 4 is 6.01 Å². The first-order valence-electron chi connectivity index (χ1n) is 7.57. The monoisotopic (exact) mass is 311 g/mol. The molecule has 120 valence electrons. The van der Waals surface area contributed by atoms with Crippen molar-refractivity contribution in [1.29, 1.82) is 0 Å². The van der Waals surface area contributed by atoms with Crippen LogP contribution in [0.4, 0.5) is 6.01 Å². The Kier molecular flexibility index (Phi) is 3.90. The van der Waals surface area contributed by atoms with Crippen molar-refractivity contribution < 1.29 is 4.42 Å². The lowest BCUT2D eigenvalue weighted by Gasteiger charge is -2.11. The predicted octanol–water partition coefficient (Wildman–Crippen LogP) is 3.38. The lowest BCUT2D eigenvalue weighted by molar-refractivity contribution is 0.399. The van der Waals surface area contributed by atoms with Crippen LogP contribution in [-0.4, -0.2) is 20.0 Å². The molecule has 0 bridgehead atoms. The summed E-state index contributed by atoms with van der Waals surface area (Å²) < 4.78 is 7.44. The maximum Gasteiger partial charge on any atom is 0.315 e. The Labute approximate surface area is 135 Å². The van der Waals surface area contributed by atoms with Crippen LogP contribution in [0.1, 0.15) is 32.2 Å². The van der Waals surface area contributed by atoms with Crippen molar-refractivity contribution in [2.24, 2.45) is 7.05 Å². The molecule has 0 aliphatic rings. The lowest BCUT2D eigenvalue weighted by Crippen LogP contribution is -2.11. The summed E-state index contributed by atoms with van der Waals surface area (Å²) in [6.45, 7) is 6.75. The number of nitrogens with zero attached hydrogens (tertiary/aromatic N) is 4. The summed E-state index contributed by atoms with van der Waals surface area (Å²) in [7, 11) is 1.91. The maximum absolute atomic E-state index is 5.64. The van der Waals surface area contributed by atoms with E-state index in [1.165, 1.54) is 0 Å². The molecule has 0 spiro atoms. The molecule has 0 saturated carbocycles. The molecule has 1 aromatic carbocycles. The summed E-state index contributed by atoms with van der Waals surface area (Å²) in [6, 6.07) is 8.75. The van der Waals surface area contributed by atoms with Crippen LogP contribution in [0.5, 0.6) is 0 Å². The standard InChI is InChI=1S/C17H21N5O/c1-17(2,3)15-20-21-16(23-15)18-9-12-6-5-7-13(8-12)14-10-19-22(4)11-14/h5-8,10-11H,9H2,1-4H3,(H,18,21). The van der Waals surface area contributed by atoms with E-state index in [1.807, 2.05) is 46.3 Å². The molecule has 6 heteroatoms. The van der Waals surface area contributed by atoms with E-state index in [9.17, 15) is 0 Å². The van der Waals surface area contributed by atoms with Gasteiger partial charge in [0.1, 0.15) is 0 Å². The fourth-order valence-corrected chi connectivity index (χ4v) is 2.21. The van der Waals surface area contributed by atoms with E-state index in [2.05, 4.69) is 38.8 Å². The van der Waals surface area contributed by atoms with Crippen LogP contribution in [0, 0.1) is 0 Å². The second-order valence-electron chi connectivity index (χ2n) is 6.62. The largest absolute Gasteiger partial charge is 0.408 e. The Morgan fingerprint density at radius 3 is 2.65 bits per heavy atom. The van der Waals surface area contributed by atoms with Gasteiger partial charge in [0.05, 0.1) is 6.20 Å². The fraction of sp³-hybridized carbons (Fsp3) is 0.353. The highest BCUT2D eigenvalue weighted by Gasteiger charge is 2.21. The number of hydrogen-bond donors (Lipinski definition) is 1. The molecular formula is C17H21N5O. The average Bonchev–Trinajstić information content (AvgIpc) is 3.14. The molecule has 0 aliphatic heterocycles. The molecule has 1 N–H and O–H groups in total. The van der Waals surface area contributed by atoms with Crippen LogP contribution >= 0.6 is 0 Å². The zero-order valence-electron chi connectivity index (χ0n) is 13.9. The zero-order chi connectivity index (χ0) is 16.4. The highest BCUT2D eigenvalue weighted by atomic mass is 16.4. The van der Waals surface area contributed by atoms with Crippen molar-refractivity contribution in [3.05, 3.63) is 48.1 Å². The van der Waals surface area contributed by atoms with E-state index >= 15 is 0 Å². The second kappa shape index (κ2) is 5.87. The summed E-state index contributed by atoms with van der Waals surface area (Å²) in [6.07, 6.45) is 3.86. The highest BCUT2D eigenvalue weighted by molar-refractivity contribution is 5.62. The molecule has 3 aromatic rings. The molecule has 0 aliphatic carbocycles. The molecule has 2 aromatic heterocycles. The lowest BCUT2D eigenvalue weighted by atomic mass is 9.97. The number of benzene rings is 1. The first kappa shape index (κ1) is 15.3. The Hall–Kier alpha value is -2.63. The predicted molar refractivity (Wildman–Crippen MR) is 89.0 cm³/mol. The molecule has 6 nitrogen and oxygen atoms in total. The molecule has 3 rings (SSSR count). The third-order valence-electron chi connectivity index (χ3n) is 3.48. The van der Waals surface area contributed by atoms with Gasteiger partial charge in [0.25, 0.3) is 0 Å². The molecule has 0 amide bonds. The number of aromatic nitrogens is 4. The van der Waals surface area contributed by atoms with Gasteiger partial charge in [-0.15, -0.1) is 5.10 Å². The number of hydrogen-bond acceptors (Lipinski definition) is 5. The van der Waals surface area contributed by atoms with Crippen LogP contribution in [0.2, 0.25) is 0 Å². The van der Waals surface area contributed by atoms with E-state index in [0.29, 0.717) is 18.5 Å². The van der Waals surface area contributed by atoms with E-state index < -0.39 is 0 Å². The molecule has 0 atom stereocenters. The van der Waals surface area contributed by atoms with Crippen molar-refractivity contribution in [3.8, 4) is 11.1 Å². The van der Waals surface area contributed by atoms with Gasteiger partial charge in [-0.25, -0.2) is 0 Å². The molecule has 0 fully saturated rings. The Morgan fingerprint density at radius 1 is 1.17 bits per heavy atom. The zero-order valence-corrected chi connectivity index (χ0v) is 13.9. The van der Waals surface area contributed by atoms with Gasteiger partial charge in [-0.2, -0.15) is 5.10 Å². The number of rotatable bonds is 4. The molecule has 0 unspecified atom stereocenters. The van der Waals surface area contributed by atoms with Gasteiger partial charge in [0, 0.05) is 30.8 Å². The van der Waals surface area contributed by atoms with Gasteiger partial charge in [-0.05, 0) is 17.2 Å². The summed E-state index contributed by atoms with van der Waals surface area (Å²) >= 11 is 0. The van der Waals surface area contributed by atoms with Crippen molar-refractivity contribution in [2.75, 3.05) is 5.32 Å². The number of anilines is 1. The van der Waals surface area contributed by atoms with Crippen LogP contribution in [0.3, 0.4) is 0 Å². The smallest absolute Gasteiger partial charge is 0.315 e. The summed E-state index contributed by atoms with van der Waals surface area (Å²) in [5.41, 5.74) is 3.23. The minimum absolute atomic E-state index is 0.146. The van der Waals surface area contributed by atoms with Crippen molar-refractivity contribution in [1.82, 2.24) is 20.0 Å². The minimum atomic E-state index is -0.146. The quantitative estimate of drug-likeness (QED) is 0.800. The fourth-order valence-electron chi connectivity index (χ4n) is 2.21. The van der Waals surface area contributed by atoms with Crippen molar-refractivity contribution in [2.45, 2.75) is 32.7 Å². The van der Waals surface area contributed by atoms with E-state index in [1.54, 1.807) is 4.68 Å². The maximum atomic E-state index is 5.64. The minimum Gasteiger partial charge on any atom is -0.408 e. The summed E-state index contributed by atoms with van der Waals surface area (Å²) in [5, 5.41) is 15.5. The van der Waals surface area contributed by atoms with Crippen LogP contribution in [-0.2, 0) is 19.0 Å². The highest BCUT2D eigenvalue weighted by Crippen LogP contribution is 2.23.